The molecule has 1 fully saturated rings. The normalized spacial score (nSPS) is 31.0. The molecular formula is C45H61N3O13. The van der Waals surface area contributed by atoms with Crippen LogP contribution in [0.25, 0.3) is 10.8 Å². The van der Waals surface area contributed by atoms with Gasteiger partial charge in [0.25, 0.3) is 17.6 Å². The molecule has 9 atom stereocenters. The van der Waals surface area contributed by atoms with Crippen LogP contribution in [-0.4, -0.2) is 118 Å². The number of amides is 2. The number of phenols is 2. The van der Waals surface area contributed by atoms with Gasteiger partial charge in [0, 0.05) is 87.4 Å². The van der Waals surface area contributed by atoms with Gasteiger partial charge in [0.2, 0.25) is 0 Å². The molecule has 2 amide bonds. The predicted molar refractivity (Wildman–Crippen MR) is 226 cm³/mol. The van der Waals surface area contributed by atoms with Gasteiger partial charge in [-0.1, -0.05) is 52.3 Å². The number of benzene rings is 2. The van der Waals surface area contributed by atoms with E-state index in [0.717, 1.165) is 19.3 Å². The number of aliphatic hydroxyl groups excluding tert-OH is 2. The first-order valence-corrected chi connectivity index (χ1v) is 20.7. The number of aromatic hydroxyl groups is 2. The van der Waals surface area contributed by atoms with Gasteiger partial charge in [-0.3, -0.25) is 24.2 Å². The van der Waals surface area contributed by atoms with Gasteiger partial charge >= 0.3 is 11.8 Å². The molecule has 16 nitrogen and oxygen atoms in total. The maximum atomic E-state index is 14.6. The molecule has 0 spiro atoms. The SMILES string of the molecule is CO[C@H]1/C=C/O[C@@]2(C)Oc3c(C)c(O)c4c(O)c(cc(OCC(=O)N(C)N5CCCCC5)c4c3C2=O)NC(=O)/C(C)=C\C=C\[C@H](C)[C@H](O)[C@@H](C)[C@@H](O)[C@@H](C)[C@H](OC(C)=O)[C@@H]1C. The predicted octanol–water partition coefficient (Wildman–Crippen LogP) is 5.29. The van der Waals surface area contributed by atoms with Gasteiger partial charge in [0.15, 0.2) is 12.4 Å². The molecule has 4 aliphatic heterocycles. The smallest absolute Gasteiger partial charge is 0.312 e. The molecule has 61 heavy (non-hydrogen) atoms. The molecule has 0 aliphatic carbocycles. The summed E-state index contributed by atoms with van der Waals surface area (Å²) < 4.78 is 29.9. The number of piperidine rings is 1. The topological polar surface area (TPSA) is 214 Å². The Morgan fingerprint density at radius 1 is 0.967 bits per heavy atom. The van der Waals surface area contributed by atoms with Crippen LogP contribution in [0.3, 0.4) is 0 Å². The van der Waals surface area contributed by atoms with Crippen LogP contribution >= 0.6 is 0 Å². The molecule has 5 bridgehead atoms. The quantitative estimate of drug-likeness (QED) is 0.185. The number of ketones is 1. The number of aliphatic hydroxyl groups is 2. The molecule has 16 heteroatoms. The number of hydrogen-bond acceptors (Lipinski definition) is 14. The van der Waals surface area contributed by atoms with Crippen LogP contribution < -0.4 is 14.8 Å². The highest BCUT2D eigenvalue weighted by molar-refractivity contribution is 6.21. The van der Waals surface area contributed by atoms with Crippen molar-refractivity contribution < 1.29 is 63.3 Å². The van der Waals surface area contributed by atoms with Crippen molar-refractivity contribution in [1.29, 1.82) is 0 Å². The first kappa shape index (κ1) is 46.9. The molecule has 2 aromatic carbocycles. The lowest BCUT2D eigenvalue weighted by molar-refractivity contribution is -0.160. The molecule has 5 N–H and O–H groups in total. The molecular weight excluding hydrogens is 791 g/mol. The first-order chi connectivity index (χ1) is 28.7. The molecule has 4 aliphatic rings. The summed E-state index contributed by atoms with van der Waals surface area (Å²) in [4.78, 5) is 54.0. The Hall–Kier alpha value is -5.16. The van der Waals surface area contributed by atoms with Gasteiger partial charge in [0.1, 0.15) is 23.4 Å². The van der Waals surface area contributed by atoms with E-state index in [0.29, 0.717) is 13.1 Å². The fourth-order valence-electron chi connectivity index (χ4n) is 8.32. The minimum atomic E-state index is -2.03. The third-order valence-corrected chi connectivity index (χ3v) is 12.3. The second kappa shape index (κ2) is 19.3. The van der Waals surface area contributed by atoms with E-state index in [1.165, 1.54) is 64.3 Å². The van der Waals surface area contributed by atoms with Gasteiger partial charge in [-0.05, 0) is 32.8 Å². The van der Waals surface area contributed by atoms with Crippen molar-refractivity contribution in [2.45, 2.75) is 105 Å². The van der Waals surface area contributed by atoms with Crippen molar-refractivity contribution >= 4 is 40.0 Å². The number of esters is 1. The van der Waals surface area contributed by atoms with E-state index in [-0.39, 0.29) is 44.7 Å². The van der Waals surface area contributed by atoms with Crippen molar-refractivity contribution in [3.63, 3.8) is 0 Å². The first-order valence-electron chi connectivity index (χ1n) is 20.7. The molecule has 0 unspecified atom stereocenters. The average molecular weight is 852 g/mol. The number of carbonyl (C=O) groups excluding carboxylic acids is 4. The van der Waals surface area contributed by atoms with Crippen molar-refractivity contribution in [1.82, 2.24) is 10.0 Å². The van der Waals surface area contributed by atoms with E-state index >= 15 is 0 Å². The largest absolute Gasteiger partial charge is 0.507 e. The van der Waals surface area contributed by atoms with Gasteiger partial charge in [0.05, 0.1) is 41.2 Å². The number of Topliss-reactive ketones (excluding diaryl/α,β-unsaturated/α-hetero) is 1. The van der Waals surface area contributed by atoms with Crippen LogP contribution in [-0.2, 0) is 28.6 Å². The minimum absolute atomic E-state index is 0.0558. The summed E-state index contributed by atoms with van der Waals surface area (Å²) in [5.74, 6) is -8.05. The monoisotopic (exact) mass is 851 g/mol. The maximum absolute atomic E-state index is 14.6. The standard InChI is InChI=1S/C45H61N3O13/c1-23-15-14-16-24(2)44(56)46-30-21-32(58-22-33(50)47(9)48-18-12-11-13-19-48)34-35(40(30)54)39(53)28(6)42-36(34)43(55)45(8,61-42)59-20-17-31(57-10)25(3)41(60-29(7)49)27(5)38(52)26(4)37(23)51/h14-17,20-21,23,25-27,31,37-38,41,51-54H,11-13,18-19,22H2,1-10H3,(H,46,56)/b15-14+,20-17+,24-16-/t23-,25+,26+,27+,31-,37-,38+,41+,45-/m0/s1. The van der Waals surface area contributed by atoms with Crippen LogP contribution in [0.2, 0.25) is 0 Å². The fourth-order valence-corrected chi connectivity index (χ4v) is 8.32. The van der Waals surface area contributed by atoms with Gasteiger partial charge in [-0.15, -0.1) is 0 Å². The highest BCUT2D eigenvalue weighted by Crippen LogP contribution is 2.54. The number of anilines is 1. The molecule has 0 radical (unpaired) electrons. The van der Waals surface area contributed by atoms with Crippen molar-refractivity contribution in [2.24, 2.45) is 23.7 Å². The van der Waals surface area contributed by atoms with E-state index in [1.807, 2.05) is 5.01 Å². The van der Waals surface area contributed by atoms with E-state index in [4.69, 9.17) is 23.7 Å². The van der Waals surface area contributed by atoms with E-state index in [1.54, 1.807) is 46.9 Å². The Bertz CT molecular complexity index is 2090. The summed E-state index contributed by atoms with van der Waals surface area (Å²) >= 11 is 0. The molecule has 0 aromatic heterocycles. The number of fused-ring (bicyclic) bond motifs is 14. The molecule has 6 rings (SSSR count). The van der Waals surface area contributed by atoms with Crippen LogP contribution in [0.1, 0.15) is 83.7 Å². The number of hydrogen-bond donors (Lipinski definition) is 5. The third-order valence-electron chi connectivity index (χ3n) is 12.3. The molecule has 334 valence electrons. The number of hydrazine groups is 1. The summed E-state index contributed by atoms with van der Waals surface area (Å²) in [5, 5.41) is 52.0. The highest BCUT2D eigenvalue weighted by atomic mass is 16.7. The summed E-state index contributed by atoms with van der Waals surface area (Å²) in [5.41, 5.74) is -0.00267. The fraction of sp³-hybridized carbons (Fsp3) is 0.556. The molecule has 2 aromatic rings. The van der Waals surface area contributed by atoms with Crippen LogP contribution in [0.5, 0.6) is 23.0 Å². The minimum Gasteiger partial charge on any atom is -0.507 e. The lowest BCUT2D eigenvalue weighted by Gasteiger charge is -2.38. The zero-order valence-corrected chi connectivity index (χ0v) is 36.7. The Morgan fingerprint density at radius 2 is 1.64 bits per heavy atom. The Morgan fingerprint density at radius 3 is 2.28 bits per heavy atom. The number of nitrogens with one attached hydrogen (secondary N) is 1. The highest BCUT2D eigenvalue weighted by Gasteiger charge is 2.50. The maximum Gasteiger partial charge on any atom is 0.312 e. The third kappa shape index (κ3) is 9.67. The van der Waals surface area contributed by atoms with Gasteiger partial charge in [-0.25, -0.2) is 5.01 Å². The van der Waals surface area contributed by atoms with Crippen molar-refractivity contribution in [3.8, 4) is 23.0 Å². The number of carbonyl (C=O) groups is 4. The average Bonchev–Trinajstić information content (AvgIpc) is 3.50. The van der Waals surface area contributed by atoms with Crippen LogP contribution in [0.4, 0.5) is 5.69 Å². The molecule has 0 saturated carbocycles. The zero-order chi connectivity index (χ0) is 45.1. The summed E-state index contributed by atoms with van der Waals surface area (Å²) in [6.07, 6.45) is 6.54. The zero-order valence-electron chi connectivity index (χ0n) is 36.7. The molecule has 1 saturated heterocycles. The van der Waals surface area contributed by atoms with E-state index in [9.17, 15) is 39.6 Å². The number of allylic oxidation sites excluding steroid dienone is 2. The van der Waals surface area contributed by atoms with Crippen LogP contribution in [0.15, 0.2) is 42.2 Å². The van der Waals surface area contributed by atoms with Gasteiger partial charge in [-0.2, -0.15) is 0 Å². The molecule has 4 heterocycles. The van der Waals surface area contributed by atoms with Gasteiger partial charge < -0.3 is 49.4 Å². The lowest BCUT2D eigenvalue weighted by Crippen LogP contribution is -2.48. The number of rotatable bonds is 6. The number of phenolic OH excluding ortho intramolecular Hbond substituents is 2. The summed E-state index contributed by atoms with van der Waals surface area (Å²) in [7, 11) is 3.08. The summed E-state index contributed by atoms with van der Waals surface area (Å²) in [6, 6.07) is 1.28. The Labute approximate surface area is 356 Å². The summed E-state index contributed by atoms with van der Waals surface area (Å²) in [6.45, 7) is 13.5. The van der Waals surface area contributed by atoms with E-state index in [2.05, 4.69) is 5.32 Å². The van der Waals surface area contributed by atoms with Crippen LogP contribution in [0, 0.1) is 30.6 Å². The van der Waals surface area contributed by atoms with E-state index < -0.39 is 95.5 Å². The second-order valence-electron chi connectivity index (χ2n) is 16.6. The number of nitrogens with zero attached hydrogens (tertiary/aromatic N) is 2. The lowest BCUT2D eigenvalue weighted by atomic mass is 9.78. The number of ether oxygens (including phenoxy) is 5. The van der Waals surface area contributed by atoms with Crippen molar-refractivity contribution in [3.05, 3.63) is 53.3 Å². The second-order valence-corrected chi connectivity index (χ2v) is 16.6. The Kier molecular flexibility index (Phi) is 14.8. The Balaban J connectivity index is 1.65. The number of likely N-dealkylation sites (N-methyl/N-ethyl adjacent to an activating group) is 1. The number of methoxy groups -OCH3 is 1. The van der Waals surface area contributed by atoms with Crippen molar-refractivity contribution in [2.75, 3.05) is 39.2 Å².